The van der Waals surface area contributed by atoms with Crippen molar-refractivity contribution in [1.29, 1.82) is 0 Å². The Labute approximate surface area is 112 Å². The largest absolute Gasteiger partial charge is 0.460 e. The van der Waals surface area contributed by atoms with Gasteiger partial charge in [0, 0.05) is 42.9 Å². The highest BCUT2D eigenvalue weighted by atomic mass is 16.5. The van der Waals surface area contributed by atoms with Gasteiger partial charge in [0.1, 0.15) is 11.3 Å². The van der Waals surface area contributed by atoms with E-state index < -0.39 is 0 Å². The summed E-state index contributed by atoms with van der Waals surface area (Å²) in [7, 11) is 0. The number of furan rings is 1. The zero-order valence-corrected chi connectivity index (χ0v) is 11.0. The van der Waals surface area contributed by atoms with Crippen molar-refractivity contribution >= 4 is 11.0 Å². The standard InChI is InChI=1S/C15H18N2O2/c1-3-15(11-18-5-1)9-17(10-15)8-13-6-12-7-16-4-2-14(12)19-13/h2,4,6-7H,1,3,5,8-11H2. The number of nitrogens with zero attached hydrogens (tertiary/aromatic N) is 2. The normalized spacial score (nSPS) is 22.7. The van der Waals surface area contributed by atoms with E-state index in [2.05, 4.69) is 16.0 Å². The highest BCUT2D eigenvalue weighted by Gasteiger charge is 2.44. The van der Waals surface area contributed by atoms with Crippen LogP contribution >= 0.6 is 0 Å². The fourth-order valence-corrected chi connectivity index (χ4v) is 3.41. The zero-order chi connectivity index (χ0) is 12.7. The van der Waals surface area contributed by atoms with Crippen molar-refractivity contribution < 1.29 is 9.15 Å². The maximum Gasteiger partial charge on any atom is 0.137 e. The molecule has 0 atom stereocenters. The minimum absolute atomic E-state index is 0.436. The average molecular weight is 258 g/mol. The summed E-state index contributed by atoms with van der Waals surface area (Å²) in [6.07, 6.45) is 6.15. The summed E-state index contributed by atoms with van der Waals surface area (Å²) in [5.41, 5.74) is 1.37. The Morgan fingerprint density at radius 3 is 3.11 bits per heavy atom. The molecule has 4 heteroatoms. The Balaban J connectivity index is 1.43. The van der Waals surface area contributed by atoms with Crippen LogP contribution in [0.15, 0.2) is 28.9 Å². The summed E-state index contributed by atoms with van der Waals surface area (Å²) in [6.45, 7) is 5.06. The van der Waals surface area contributed by atoms with Crippen molar-refractivity contribution in [2.45, 2.75) is 19.4 Å². The lowest BCUT2D eigenvalue weighted by Gasteiger charge is -2.51. The van der Waals surface area contributed by atoms with E-state index in [4.69, 9.17) is 9.15 Å². The highest BCUT2D eigenvalue weighted by Crippen LogP contribution is 2.38. The van der Waals surface area contributed by atoms with Crippen molar-refractivity contribution in [3.63, 3.8) is 0 Å². The fraction of sp³-hybridized carbons (Fsp3) is 0.533. The molecule has 2 aliphatic heterocycles. The van der Waals surface area contributed by atoms with Crippen LogP contribution in [0.4, 0.5) is 0 Å². The molecular formula is C15H18N2O2. The van der Waals surface area contributed by atoms with E-state index in [1.54, 1.807) is 6.20 Å². The number of rotatable bonds is 2. The molecule has 0 bridgehead atoms. The Kier molecular flexibility index (Phi) is 2.60. The summed E-state index contributed by atoms with van der Waals surface area (Å²) in [4.78, 5) is 6.56. The van der Waals surface area contributed by atoms with Crippen molar-refractivity contribution in [3.8, 4) is 0 Å². The van der Waals surface area contributed by atoms with Gasteiger partial charge in [-0.05, 0) is 25.0 Å². The Bertz CT molecular complexity index is 546. The number of fused-ring (bicyclic) bond motifs is 1. The molecule has 2 fully saturated rings. The van der Waals surface area contributed by atoms with E-state index in [1.165, 1.54) is 12.8 Å². The highest BCUT2D eigenvalue weighted by molar-refractivity contribution is 5.76. The second kappa shape index (κ2) is 4.32. The van der Waals surface area contributed by atoms with Crippen LogP contribution in [0.1, 0.15) is 18.6 Å². The molecule has 0 amide bonds. The molecule has 0 saturated carbocycles. The van der Waals surface area contributed by atoms with Gasteiger partial charge in [0.25, 0.3) is 0 Å². The van der Waals surface area contributed by atoms with E-state index in [0.29, 0.717) is 5.41 Å². The van der Waals surface area contributed by atoms with Crippen LogP contribution in [-0.2, 0) is 11.3 Å². The first-order chi connectivity index (χ1) is 9.33. The van der Waals surface area contributed by atoms with E-state index in [1.807, 2.05) is 12.3 Å². The summed E-state index contributed by atoms with van der Waals surface area (Å²) in [5, 5.41) is 1.09. The molecule has 4 rings (SSSR count). The first-order valence-corrected chi connectivity index (χ1v) is 6.96. The van der Waals surface area contributed by atoms with E-state index in [0.717, 1.165) is 49.6 Å². The molecular weight excluding hydrogens is 240 g/mol. The third kappa shape index (κ3) is 2.05. The van der Waals surface area contributed by atoms with Gasteiger partial charge in [-0.15, -0.1) is 0 Å². The molecule has 2 aromatic heterocycles. The van der Waals surface area contributed by atoms with Crippen LogP contribution in [0.5, 0.6) is 0 Å². The molecule has 4 heterocycles. The lowest BCUT2D eigenvalue weighted by Crippen LogP contribution is -2.59. The van der Waals surface area contributed by atoms with Crippen molar-refractivity contribution in [2.24, 2.45) is 5.41 Å². The van der Waals surface area contributed by atoms with Gasteiger partial charge in [0.15, 0.2) is 0 Å². The van der Waals surface area contributed by atoms with E-state index in [9.17, 15) is 0 Å². The summed E-state index contributed by atoms with van der Waals surface area (Å²) >= 11 is 0. The van der Waals surface area contributed by atoms with E-state index in [-0.39, 0.29) is 0 Å². The first-order valence-electron chi connectivity index (χ1n) is 6.96. The molecule has 0 aliphatic carbocycles. The number of ether oxygens (including phenoxy) is 1. The molecule has 100 valence electrons. The fourth-order valence-electron chi connectivity index (χ4n) is 3.41. The van der Waals surface area contributed by atoms with Crippen LogP contribution in [0.2, 0.25) is 0 Å². The molecule has 2 aliphatic rings. The van der Waals surface area contributed by atoms with Crippen LogP contribution in [0.25, 0.3) is 11.0 Å². The van der Waals surface area contributed by atoms with Gasteiger partial charge in [0.05, 0.1) is 13.2 Å². The molecule has 1 spiro atoms. The molecule has 0 radical (unpaired) electrons. The summed E-state index contributed by atoms with van der Waals surface area (Å²) in [6, 6.07) is 4.02. The number of likely N-dealkylation sites (tertiary alicyclic amines) is 1. The van der Waals surface area contributed by atoms with Crippen LogP contribution in [0.3, 0.4) is 0 Å². The average Bonchev–Trinajstić information content (AvgIpc) is 2.80. The lowest BCUT2D eigenvalue weighted by molar-refractivity contribution is -0.105. The molecule has 4 nitrogen and oxygen atoms in total. The molecule has 2 saturated heterocycles. The van der Waals surface area contributed by atoms with Crippen LogP contribution < -0.4 is 0 Å². The van der Waals surface area contributed by atoms with Gasteiger partial charge in [0.2, 0.25) is 0 Å². The van der Waals surface area contributed by atoms with Gasteiger partial charge in [-0.2, -0.15) is 0 Å². The molecule has 0 unspecified atom stereocenters. The smallest absolute Gasteiger partial charge is 0.137 e. The van der Waals surface area contributed by atoms with Crippen molar-refractivity contribution in [1.82, 2.24) is 9.88 Å². The molecule has 19 heavy (non-hydrogen) atoms. The topological polar surface area (TPSA) is 38.5 Å². The monoisotopic (exact) mass is 258 g/mol. The zero-order valence-electron chi connectivity index (χ0n) is 11.0. The third-order valence-electron chi connectivity index (χ3n) is 4.27. The Hall–Kier alpha value is -1.39. The van der Waals surface area contributed by atoms with Gasteiger partial charge in [-0.1, -0.05) is 0 Å². The predicted octanol–water partition coefficient (Wildman–Crippen LogP) is 2.44. The minimum Gasteiger partial charge on any atom is -0.460 e. The number of aromatic nitrogens is 1. The third-order valence-corrected chi connectivity index (χ3v) is 4.27. The maximum atomic E-state index is 5.84. The van der Waals surface area contributed by atoms with Gasteiger partial charge in [-0.3, -0.25) is 9.88 Å². The number of pyridine rings is 1. The van der Waals surface area contributed by atoms with Crippen molar-refractivity contribution in [3.05, 3.63) is 30.3 Å². The van der Waals surface area contributed by atoms with Gasteiger partial charge in [-0.25, -0.2) is 0 Å². The lowest BCUT2D eigenvalue weighted by atomic mass is 9.75. The van der Waals surface area contributed by atoms with E-state index >= 15 is 0 Å². The number of hydrogen-bond acceptors (Lipinski definition) is 4. The van der Waals surface area contributed by atoms with Crippen LogP contribution in [-0.4, -0.2) is 36.2 Å². The summed E-state index contributed by atoms with van der Waals surface area (Å²) in [5.74, 6) is 1.04. The second-order valence-electron chi connectivity index (χ2n) is 5.93. The molecule has 2 aromatic rings. The van der Waals surface area contributed by atoms with Gasteiger partial charge < -0.3 is 9.15 Å². The molecule has 0 aromatic carbocycles. The maximum absolute atomic E-state index is 5.84. The minimum atomic E-state index is 0.436. The summed E-state index contributed by atoms with van der Waals surface area (Å²) < 4.78 is 11.5. The Morgan fingerprint density at radius 1 is 1.37 bits per heavy atom. The first kappa shape index (κ1) is 11.4. The number of hydrogen-bond donors (Lipinski definition) is 0. The second-order valence-corrected chi connectivity index (χ2v) is 5.93. The van der Waals surface area contributed by atoms with Gasteiger partial charge >= 0.3 is 0 Å². The van der Waals surface area contributed by atoms with Crippen LogP contribution in [0, 0.1) is 5.41 Å². The predicted molar refractivity (Wildman–Crippen MR) is 71.8 cm³/mol. The SMILES string of the molecule is c1cc2oc(CN3CC4(CCCOC4)C3)cc2cn1. The molecule has 0 N–H and O–H groups in total. The quantitative estimate of drug-likeness (QED) is 0.829. The van der Waals surface area contributed by atoms with Crippen molar-refractivity contribution in [2.75, 3.05) is 26.3 Å². The Morgan fingerprint density at radius 2 is 2.32 bits per heavy atom.